The summed E-state index contributed by atoms with van der Waals surface area (Å²) in [6.07, 6.45) is -7.35. The SMILES string of the molecule is Cc1ccc(S(=O)(=O)OC2C(C)OC(O)C(OC(=O)c3ccccc3)C2OC(=O)c2ccccc2)cc1. The van der Waals surface area contributed by atoms with E-state index < -0.39 is 52.8 Å². The summed E-state index contributed by atoms with van der Waals surface area (Å²) in [5.41, 5.74) is 1.19. The third-order valence-corrected chi connectivity index (χ3v) is 7.12. The molecule has 1 fully saturated rings. The molecule has 194 valence electrons. The van der Waals surface area contributed by atoms with E-state index in [4.69, 9.17) is 18.4 Å². The number of aryl methyl sites for hydroxylation is 1. The third-order valence-electron chi connectivity index (χ3n) is 5.80. The van der Waals surface area contributed by atoms with Gasteiger partial charge in [0, 0.05) is 0 Å². The van der Waals surface area contributed by atoms with E-state index in [9.17, 15) is 23.1 Å². The molecule has 0 aromatic heterocycles. The molecule has 0 aliphatic carbocycles. The van der Waals surface area contributed by atoms with Crippen LogP contribution in [0.15, 0.2) is 89.8 Å². The predicted molar refractivity (Wildman–Crippen MR) is 131 cm³/mol. The molecular formula is C27H26O9S. The number of carbonyl (C=O) groups is 2. The first-order chi connectivity index (χ1) is 17.7. The minimum absolute atomic E-state index is 0.123. The number of ether oxygens (including phenoxy) is 3. The van der Waals surface area contributed by atoms with Crippen molar-refractivity contribution in [1.82, 2.24) is 0 Å². The first-order valence-electron chi connectivity index (χ1n) is 11.5. The van der Waals surface area contributed by atoms with Crippen molar-refractivity contribution in [3.05, 3.63) is 102 Å². The smallest absolute Gasteiger partial charge is 0.338 e. The van der Waals surface area contributed by atoms with Crippen LogP contribution < -0.4 is 0 Å². The van der Waals surface area contributed by atoms with Crippen molar-refractivity contribution in [2.24, 2.45) is 0 Å². The van der Waals surface area contributed by atoms with Crippen LogP contribution in [0.25, 0.3) is 0 Å². The van der Waals surface area contributed by atoms with E-state index in [-0.39, 0.29) is 16.0 Å². The summed E-state index contributed by atoms with van der Waals surface area (Å²) in [6, 6.07) is 21.9. The topological polar surface area (TPSA) is 125 Å². The lowest BCUT2D eigenvalue weighted by Gasteiger charge is -2.42. The van der Waals surface area contributed by atoms with Gasteiger partial charge in [0.2, 0.25) is 0 Å². The Balaban J connectivity index is 1.67. The highest BCUT2D eigenvalue weighted by molar-refractivity contribution is 7.86. The summed E-state index contributed by atoms with van der Waals surface area (Å²) >= 11 is 0. The summed E-state index contributed by atoms with van der Waals surface area (Å²) in [5, 5.41) is 10.7. The summed E-state index contributed by atoms with van der Waals surface area (Å²) in [4.78, 5) is 25.6. The predicted octanol–water partition coefficient (Wildman–Crippen LogP) is 3.26. The second-order valence-electron chi connectivity index (χ2n) is 8.53. The fourth-order valence-electron chi connectivity index (χ4n) is 3.82. The molecule has 0 radical (unpaired) electrons. The lowest BCUT2D eigenvalue weighted by molar-refractivity contribution is -0.271. The van der Waals surface area contributed by atoms with E-state index in [1.54, 1.807) is 55.5 Å². The fraction of sp³-hybridized carbons (Fsp3) is 0.259. The number of hydrogen-bond donors (Lipinski definition) is 1. The van der Waals surface area contributed by atoms with E-state index in [1.807, 2.05) is 0 Å². The van der Waals surface area contributed by atoms with E-state index in [0.717, 1.165) is 5.56 Å². The number of benzene rings is 3. The van der Waals surface area contributed by atoms with Crippen LogP contribution in [0.4, 0.5) is 0 Å². The van der Waals surface area contributed by atoms with Crippen LogP contribution in [0.2, 0.25) is 0 Å². The van der Waals surface area contributed by atoms with Crippen molar-refractivity contribution < 1.29 is 41.5 Å². The van der Waals surface area contributed by atoms with Gasteiger partial charge in [-0.05, 0) is 50.2 Å². The molecule has 3 aromatic carbocycles. The number of hydrogen-bond acceptors (Lipinski definition) is 9. The maximum Gasteiger partial charge on any atom is 0.338 e. The number of carbonyl (C=O) groups excluding carboxylic acids is 2. The van der Waals surface area contributed by atoms with E-state index in [2.05, 4.69) is 0 Å². The molecule has 4 rings (SSSR count). The fourth-order valence-corrected chi connectivity index (χ4v) is 4.96. The highest BCUT2D eigenvalue weighted by Crippen LogP contribution is 2.31. The molecule has 1 N–H and O–H groups in total. The van der Waals surface area contributed by atoms with Crippen LogP contribution in [0.1, 0.15) is 33.2 Å². The van der Waals surface area contributed by atoms with Gasteiger partial charge in [0.15, 0.2) is 18.5 Å². The zero-order valence-corrected chi connectivity index (χ0v) is 20.9. The highest BCUT2D eigenvalue weighted by atomic mass is 32.2. The minimum Gasteiger partial charge on any atom is -0.452 e. The second-order valence-corrected chi connectivity index (χ2v) is 10.1. The summed E-state index contributed by atoms with van der Waals surface area (Å²) in [6.45, 7) is 3.26. The zero-order chi connectivity index (χ0) is 26.6. The Morgan fingerprint density at radius 3 is 1.76 bits per heavy atom. The van der Waals surface area contributed by atoms with Crippen molar-refractivity contribution >= 4 is 22.1 Å². The van der Waals surface area contributed by atoms with Gasteiger partial charge in [0.1, 0.15) is 6.10 Å². The van der Waals surface area contributed by atoms with Crippen molar-refractivity contribution in [2.75, 3.05) is 0 Å². The minimum atomic E-state index is -4.36. The highest BCUT2D eigenvalue weighted by Gasteiger charge is 2.51. The van der Waals surface area contributed by atoms with Crippen LogP contribution in [-0.2, 0) is 28.5 Å². The first kappa shape index (κ1) is 26.5. The van der Waals surface area contributed by atoms with Crippen LogP contribution >= 0.6 is 0 Å². The Labute approximate surface area is 214 Å². The zero-order valence-electron chi connectivity index (χ0n) is 20.1. The molecule has 0 saturated carbocycles. The van der Waals surface area contributed by atoms with E-state index in [1.165, 1.54) is 43.3 Å². The lowest BCUT2D eigenvalue weighted by atomic mass is 9.99. The molecule has 3 aromatic rings. The molecule has 0 amide bonds. The van der Waals surface area contributed by atoms with E-state index in [0.29, 0.717) is 0 Å². The molecule has 1 heterocycles. The average molecular weight is 527 g/mol. The van der Waals surface area contributed by atoms with Crippen LogP contribution in [0.3, 0.4) is 0 Å². The van der Waals surface area contributed by atoms with Gasteiger partial charge >= 0.3 is 11.9 Å². The standard InChI is InChI=1S/C27H26O9S/c1-17-13-15-21(16-14-17)37(31,32)36-22-18(2)33-27(30)24(35-26(29)20-11-7-4-8-12-20)23(22)34-25(28)19-9-5-3-6-10-19/h3-16,18,22-24,27,30H,1-2H3. The van der Waals surface area contributed by atoms with Crippen LogP contribution in [0.5, 0.6) is 0 Å². The van der Waals surface area contributed by atoms with Gasteiger partial charge in [-0.1, -0.05) is 54.1 Å². The van der Waals surface area contributed by atoms with Crippen LogP contribution in [0, 0.1) is 6.92 Å². The third kappa shape index (κ3) is 6.23. The molecule has 10 heteroatoms. The van der Waals surface area contributed by atoms with Crippen molar-refractivity contribution in [2.45, 2.75) is 49.4 Å². The molecular weight excluding hydrogens is 500 g/mol. The molecule has 0 bridgehead atoms. The number of aliphatic hydroxyl groups excluding tert-OH is 1. The molecule has 1 aliphatic heterocycles. The largest absolute Gasteiger partial charge is 0.452 e. The van der Waals surface area contributed by atoms with Gasteiger partial charge in [-0.25, -0.2) is 9.59 Å². The Morgan fingerprint density at radius 1 is 0.757 bits per heavy atom. The Kier molecular flexibility index (Phi) is 8.03. The molecule has 5 atom stereocenters. The molecule has 37 heavy (non-hydrogen) atoms. The Morgan fingerprint density at radius 2 is 1.24 bits per heavy atom. The Bertz CT molecular complexity index is 1330. The first-order valence-corrected chi connectivity index (χ1v) is 12.9. The van der Waals surface area contributed by atoms with Gasteiger partial charge in [0.05, 0.1) is 22.1 Å². The summed E-state index contributed by atoms with van der Waals surface area (Å²) < 4.78 is 48.3. The van der Waals surface area contributed by atoms with Gasteiger partial charge in [0.25, 0.3) is 10.1 Å². The Hall–Kier alpha value is -3.57. The maximum absolute atomic E-state index is 13.1. The molecule has 0 spiro atoms. The summed E-state index contributed by atoms with van der Waals surface area (Å²) in [5.74, 6) is -1.65. The lowest BCUT2D eigenvalue weighted by Crippen LogP contribution is -2.60. The normalized spacial score (nSPS) is 23.7. The molecule has 1 aliphatic rings. The van der Waals surface area contributed by atoms with Crippen molar-refractivity contribution in [3.8, 4) is 0 Å². The van der Waals surface area contributed by atoms with Gasteiger partial charge in [-0.3, -0.25) is 4.18 Å². The number of esters is 2. The van der Waals surface area contributed by atoms with Gasteiger partial charge in [-0.2, -0.15) is 8.42 Å². The number of rotatable bonds is 7. The van der Waals surface area contributed by atoms with Gasteiger partial charge in [-0.15, -0.1) is 0 Å². The molecule has 1 saturated heterocycles. The second kappa shape index (κ2) is 11.2. The number of aliphatic hydroxyl groups is 1. The van der Waals surface area contributed by atoms with Crippen LogP contribution in [-0.4, -0.2) is 56.2 Å². The van der Waals surface area contributed by atoms with Gasteiger partial charge < -0.3 is 19.3 Å². The summed E-state index contributed by atoms with van der Waals surface area (Å²) in [7, 11) is -4.36. The van der Waals surface area contributed by atoms with Crippen molar-refractivity contribution in [3.63, 3.8) is 0 Å². The van der Waals surface area contributed by atoms with Crippen molar-refractivity contribution in [1.29, 1.82) is 0 Å². The average Bonchev–Trinajstić information content (AvgIpc) is 2.89. The van der Waals surface area contributed by atoms with E-state index >= 15 is 0 Å². The monoisotopic (exact) mass is 526 g/mol. The molecule has 9 nitrogen and oxygen atoms in total. The molecule has 5 unspecified atom stereocenters. The quantitative estimate of drug-likeness (QED) is 0.365. The maximum atomic E-state index is 13.1.